The van der Waals surface area contributed by atoms with E-state index in [0.29, 0.717) is 31.9 Å². The second-order valence-corrected chi connectivity index (χ2v) is 5.75. The van der Waals surface area contributed by atoms with E-state index in [1.165, 1.54) is 12.0 Å². The molecule has 1 atom stereocenters. The summed E-state index contributed by atoms with van der Waals surface area (Å²) in [6.07, 6.45) is -0.171. The van der Waals surface area contributed by atoms with Crippen molar-refractivity contribution in [2.75, 3.05) is 26.7 Å². The highest BCUT2D eigenvalue weighted by atomic mass is 35.5. The second-order valence-electron chi connectivity index (χ2n) is 5.75. The van der Waals surface area contributed by atoms with Crippen LogP contribution in [-0.2, 0) is 11.3 Å². The van der Waals surface area contributed by atoms with Gasteiger partial charge in [0.2, 0.25) is 0 Å². The summed E-state index contributed by atoms with van der Waals surface area (Å²) in [5.41, 5.74) is 1.17. The van der Waals surface area contributed by atoms with Gasteiger partial charge in [-0.1, -0.05) is 18.2 Å². The van der Waals surface area contributed by atoms with E-state index >= 15 is 0 Å². The molecule has 1 aliphatic heterocycles. The number of carbonyl (C=O) groups excluding carboxylic acids is 1. The van der Waals surface area contributed by atoms with E-state index in [9.17, 15) is 9.59 Å². The lowest BCUT2D eigenvalue weighted by Crippen LogP contribution is -2.52. The lowest BCUT2D eigenvalue weighted by Gasteiger charge is -2.31. The maximum atomic E-state index is 11.9. The number of hydrogen-bond acceptors (Lipinski definition) is 5. The van der Waals surface area contributed by atoms with Crippen LogP contribution in [0, 0.1) is 0 Å². The number of aryl methyl sites for hydroxylation is 1. The molecular weight excluding hydrogens is 348 g/mol. The third-order valence-electron chi connectivity index (χ3n) is 4.25. The molecule has 0 unspecified atom stereocenters. The molecule has 0 bridgehead atoms. The van der Waals surface area contributed by atoms with Crippen LogP contribution in [0.4, 0.5) is 4.79 Å². The fraction of sp³-hybridized carbons (Fsp3) is 0.438. The third-order valence-corrected chi connectivity index (χ3v) is 4.25. The highest BCUT2D eigenvalue weighted by molar-refractivity contribution is 6.02. The summed E-state index contributed by atoms with van der Waals surface area (Å²) in [4.78, 5) is 24.4. The Morgan fingerprint density at radius 2 is 2.16 bits per heavy atom. The number of hydrogen-bond donors (Lipinski definition) is 2. The minimum Gasteiger partial charge on any atom is -0.465 e. The average Bonchev–Trinajstić information content (AvgIpc) is 2.98. The van der Waals surface area contributed by atoms with Crippen LogP contribution in [0.15, 0.2) is 24.3 Å². The van der Waals surface area contributed by atoms with Crippen LogP contribution >= 0.6 is 12.4 Å². The van der Waals surface area contributed by atoms with Gasteiger partial charge in [0.05, 0.1) is 12.6 Å². The number of piperazine rings is 1. The third kappa shape index (κ3) is 4.02. The number of carbonyl (C=O) groups is 2. The van der Waals surface area contributed by atoms with E-state index < -0.39 is 12.1 Å². The van der Waals surface area contributed by atoms with Gasteiger partial charge in [-0.3, -0.25) is 4.68 Å². The molecule has 1 fully saturated rings. The number of nitrogens with zero attached hydrogens (tertiary/aromatic N) is 3. The molecule has 1 amide bonds. The van der Waals surface area contributed by atoms with Crippen LogP contribution in [0.1, 0.15) is 16.9 Å². The summed E-state index contributed by atoms with van der Waals surface area (Å²) in [6, 6.07) is 7.57. The first-order valence-corrected chi connectivity index (χ1v) is 7.85. The second kappa shape index (κ2) is 8.17. The highest BCUT2D eigenvalue weighted by Crippen LogP contribution is 2.20. The molecule has 1 aromatic heterocycles. The molecule has 136 valence electrons. The molecule has 2 heterocycles. The number of aromatic nitrogens is 2. The number of amides is 1. The number of carboxylic acid groups (broad SMARTS) is 1. The zero-order valence-electron chi connectivity index (χ0n) is 13.8. The number of para-hydroxylation sites is 1. The van der Waals surface area contributed by atoms with Gasteiger partial charge in [0.15, 0.2) is 5.69 Å². The molecular formula is C16H21ClN4O4. The van der Waals surface area contributed by atoms with E-state index in [1.54, 1.807) is 4.68 Å². The summed E-state index contributed by atoms with van der Waals surface area (Å²) < 4.78 is 6.57. The molecule has 3 rings (SSSR count). The number of esters is 1. The first-order chi connectivity index (χ1) is 11.6. The van der Waals surface area contributed by atoms with Crippen molar-refractivity contribution in [3.8, 4) is 0 Å². The topological polar surface area (TPSA) is 96.7 Å². The Bertz CT molecular complexity index is 764. The Kier molecular flexibility index (Phi) is 6.22. The van der Waals surface area contributed by atoms with Crippen LogP contribution in [-0.4, -0.2) is 64.6 Å². The zero-order valence-corrected chi connectivity index (χ0v) is 14.7. The summed E-state index contributed by atoms with van der Waals surface area (Å²) >= 11 is 0. The minimum absolute atomic E-state index is 0. The maximum Gasteiger partial charge on any atom is 0.407 e. The van der Waals surface area contributed by atoms with E-state index in [-0.39, 0.29) is 18.4 Å². The van der Waals surface area contributed by atoms with Gasteiger partial charge in [-0.15, -0.1) is 12.4 Å². The first-order valence-electron chi connectivity index (χ1n) is 7.85. The number of benzene rings is 1. The molecule has 1 aromatic carbocycles. The Hall–Kier alpha value is -2.32. The Morgan fingerprint density at radius 3 is 2.88 bits per heavy atom. The van der Waals surface area contributed by atoms with Crippen molar-refractivity contribution in [2.45, 2.75) is 19.0 Å². The van der Waals surface area contributed by atoms with Gasteiger partial charge in [-0.25, -0.2) is 9.59 Å². The zero-order chi connectivity index (χ0) is 17.1. The Labute approximate surface area is 151 Å². The van der Waals surface area contributed by atoms with Gasteiger partial charge in [0, 0.05) is 37.6 Å². The maximum absolute atomic E-state index is 11.9. The first kappa shape index (κ1) is 19.0. The fourth-order valence-electron chi connectivity index (χ4n) is 3.02. The molecule has 0 saturated carbocycles. The van der Waals surface area contributed by atoms with Crippen molar-refractivity contribution in [2.24, 2.45) is 0 Å². The predicted molar refractivity (Wildman–Crippen MR) is 94.3 cm³/mol. The summed E-state index contributed by atoms with van der Waals surface area (Å²) in [5.74, 6) is -0.460. The monoisotopic (exact) mass is 368 g/mol. The Balaban J connectivity index is 0.00000225. The number of nitrogens with one attached hydrogen (secondary N) is 1. The van der Waals surface area contributed by atoms with Crippen molar-refractivity contribution in [3.05, 3.63) is 30.0 Å². The van der Waals surface area contributed by atoms with Gasteiger partial charge in [-0.05, 0) is 12.5 Å². The number of rotatable bonds is 4. The molecule has 25 heavy (non-hydrogen) atoms. The van der Waals surface area contributed by atoms with Gasteiger partial charge in [0.25, 0.3) is 0 Å². The summed E-state index contributed by atoms with van der Waals surface area (Å²) in [7, 11) is 1.34. The molecule has 2 N–H and O–H groups in total. The minimum atomic E-state index is -0.890. The number of halogens is 1. The standard InChI is InChI=1S/C16H20N4O4.ClH/c1-24-15(21)14-12-4-2-3-5-13(12)20(18-14)8-6-11-10-19(16(22)23)9-7-17-11;/h2-5,11,17H,6-10H2,1H3,(H,22,23);1H/t11-;/m1./s1. The quantitative estimate of drug-likeness (QED) is 0.795. The van der Waals surface area contributed by atoms with Crippen molar-refractivity contribution >= 4 is 35.4 Å². The molecule has 0 spiro atoms. The van der Waals surface area contributed by atoms with Crippen molar-refractivity contribution in [1.29, 1.82) is 0 Å². The smallest absolute Gasteiger partial charge is 0.407 e. The van der Waals surface area contributed by atoms with Crippen LogP contribution in [0.2, 0.25) is 0 Å². The molecule has 8 nitrogen and oxygen atoms in total. The molecule has 9 heteroatoms. The van der Waals surface area contributed by atoms with Crippen LogP contribution < -0.4 is 5.32 Å². The molecule has 1 aliphatic rings. The van der Waals surface area contributed by atoms with Crippen LogP contribution in [0.3, 0.4) is 0 Å². The van der Waals surface area contributed by atoms with E-state index in [0.717, 1.165) is 17.3 Å². The molecule has 2 aromatic rings. The fourth-order valence-corrected chi connectivity index (χ4v) is 3.02. The van der Waals surface area contributed by atoms with Gasteiger partial charge >= 0.3 is 12.1 Å². The largest absolute Gasteiger partial charge is 0.465 e. The van der Waals surface area contributed by atoms with E-state index in [1.807, 2.05) is 24.3 Å². The van der Waals surface area contributed by atoms with Crippen molar-refractivity contribution < 1.29 is 19.4 Å². The lowest BCUT2D eigenvalue weighted by molar-refractivity contribution is 0.0595. The number of methoxy groups -OCH3 is 1. The van der Waals surface area contributed by atoms with Crippen LogP contribution in [0.5, 0.6) is 0 Å². The Morgan fingerprint density at radius 1 is 1.40 bits per heavy atom. The van der Waals surface area contributed by atoms with Gasteiger partial charge in [0.1, 0.15) is 0 Å². The number of fused-ring (bicyclic) bond motifs is 1. The molecule has 0 aliphatic carbocycles. The van der Waals surface area contributed by atoms with Crippen molar-refractivity contribution in [1.82, 2.24) is 20.0 Å². The van der Waals surface area contributed by atoms with Crippen molar-refractivity contribution in [3.63, 3.8) is 0 Å². The lowest BCUT2D eigenvalue weighted by atomic mass is 10.1. The normalized spacial score (nSPS) is 17.2. The van der Waals surface area contributed by atoms with Gasteiger partial charge < -0.3 is 20.1 Å². The number of ether oxygens (including phenoxy) is 1. The van der Waals surface area contributed by atoms with Crippen LogP contribution in [0.25, 0.3) is 10.9 Å². The highest BCUT2D eigenvalue weighted by Gasteiger charge is 2.23. The summed E-state index contributed by atoms with van der Waals surface area (Å²) in [6.45, 7) is 2.19. The summed E-state index contributed by atoms with van der Waals surface area (Å²) in [5, 5.41) is 17.6. The van der Waals surface area contributed by atoms with E-state index in [4.69, 9.17) is 9.84 Å². The molecule has 0 radical (unpaired) electrons. The SMILES string of the molecule is COC(=O)c1nn(CC[C@@H]2CN(C(=O)O)CCN2)c2ccccc12.Cl. The van der Waals surface area contributed by atoms with E-state index in [2.05, 4.69) is 10.4 Å². The average molecular weight is 369 g/mol. The van der Waals surface area contributed by atoms with Gasteiger partial charge in [-0.2, -0.15) is 5.10 Å². The molecule has 1 saturated heterocycles. The predicted octanol–water partition coefficient (Wildman–Crippen LogP) is 1.59.